The lowest BCUT2D eigenvalue weighted by Crippen LogP contribution is -2.42. The summed E-state index contributed by atoms with van der Waals surface area (Å²) in [7, 11) is 1.70. The summed E-state index contributed by atoms with van der Waals surface area (Å²) in [4.78, 5) is 16.4. The first-order valence-corrected chi connectivity index (χ1v) is 6.20. The van der Waals surface area contributed by atoms with Crippen molar-refractivity contribution < 1.29 is 9.90 Å². The van der Waals surface area contributed by atoms with Crippen LogP contribution in [0.2, 0.25) is 5.02 Å². The molecule has 1 aromatic rings. The Labute approximate surface area is 106 Å². The van der Waals surface area contributed by atoms with Crippen LogP contribution >= 0.6 is 11.6 Å². The van der Waals surface area contributed by atoms with E-state index in [4.69, 9.17) is 11.6 Å². The van der Waals surface area contributed by atoms with E-state index in [2.05, 4.69) is 4.98 Å². The van der Waals surface area contributed by atoms with Crippen LogP contribution in [0.5, 0.6) is 0 Å². The van der Waals surface area contributed by atoms with Gasteiger partial charge in [-0.1, -0.05) is 24.4 Å². The molecule has 4 nitrogen and oxygen atoms in total. The number of aliphatic hydroxyl groups is 1. The molecular weight excluding hydrogens is 240 g/mol. The molecule has 0 saturated heterocycles. The molecule has 17 heavy (non-hydrogen) atoms. The molecule has 2 N–H and O–H groups in total. The largest absolute Gasteiger partial charge is 0.388 e. The molecule has 0 bridgehead atoms. The van der Waals surface area contributed by atoms with Crippen LogP contribution in [0.25, 0.3) is 0 Å². The molecule has 0 spiro atoms. The molecule has 5 heteroatoms. The Kier molecular flexibility index (Phi) is 3.45. The Balaban J connectivity index is 2.00. The molecule has 0 radical (unpaired) electrons. The van der Waals surface area contributed by atoms with Gasteiger partial charge in [0.2, 0.25) is 0 Å². The van der Waals surface area contributed by atoms with Crippen molar-refractivity contribution in [3.63, 3.8) is 0 Å². The van der Waals surface area contributed by atoms with Crippen molar-refractivity contribution >= 4 is 17.5 Å². The van der Waals surface area contributed by atoms with Crippen molar-refractivity contribution in [1.29, 1.82) is 0 Å². The third kappa shape index (κ3) is 2.82. The summed E-state index contributed by atoms with van der Waals surface area (Å²) in [5.74, 6) is -0.141. The first-order valence-electron chi connectivity index (χ1n) is 5.82. The molecule has 0 atom stereocenters. The summed E-state index contributed by atoms with van der Waals surface area (Å²) >= 11 is 5.76. The Bertz CT molecular complexity index is 410. The summed E-state index contributed by atoms with van der Waals surface area (Å²) in [6.07, 6.45) is 5.19. The Morgan fingerprint density at radius 1 is 1.59 bits per heavy atom. The van der Waals surface area contributed by atoms with Crippen molar-refractivity contribution in [3.05, 3.63) is 23.0 Å². The van der Waals surface area contributed by atoms with Crippen molar-refractivity contribution in [2.24, 2.45) is 0 Å². The van der Waals surface area contributed by atoms with E-state index in [0.29, 0.717) is 17.3 Å². The average molecular weight is 257 g/mol. The molecule has 1 aromatic heterocycles. The maximum absolute atomic E-state index is 12.0. The van der Waals surface area contributed by atoms with E-state index < -0.39 is 5.60 Å². The van der Waals surface area contributed by atoms with Gasteiger partial charge in [-0.15, -0.1) is 0 Å². The van der Waals surface area contributed by atoms with E-state index in [-0.39, 0.29) is 5.91 Å². The molecule has 1 fully saturated rings. The Morgan fingerprint density at radius 3 is 2.76 bits per heavy atom. The number of amides is 1. The number of carbonyl (C=O) groups is 1. The Morgan fingerprint density at radius 2 is 2.24 bits per heavy atom. The van der Waals surface area contributed by atoms with E-state index in [9.17, 15) is 9.90 Å². The number of aromatic amines is 1. The van der Waals surface area contributed by atoms with Crippen LogP contribution in [0.4, 0.5) is 0 Å². The standard InChI is InChI=1S/C12H17ClN2O2/c1-15(8-12(17)4-2-3-5-12)11(16)10-6-9(13)7-14-10/h6-7,14,17H,2-5,8H2,1H3. The molecule has 1 heterocycles. The summed E-state index contributed by atoms with van der Waals surface area (Å²) in [5.41, 5.74) is -0.250. The zero-order valence-corrected chi connectivity index (χ0v) is 10.6. The number of hydrogen-bond donors (Lipinski definition) is 2. The minimum Gasteiger partial charge on any atom is -0.388 e. The number of halogens is 1. The molecule has 0 aromatic carbocycles. The van der Waals surface area contributed by atoms with Gasteiger partial charge >= 0.3 is 0 Å². The molecular formula is C12H17ClN2O2. The predicted octanol–water partition coefficient (Wildman–Crippen LogP) is 2.05. The van der Waals surface area contributed by atoms with Crippen LogP contribution in [0, 0.1) is 0 Å². The van der Waals surface area contributed by atoms with E-state index in [0.717, 1.165) is 25.7 Å². The van der Waals surface area contributed by atoms with E-state index in [1.165, 1.54) is 0 Å². The number of nitrogens with one attached hydrogen (secondary N) is 1. The van der Waals surface area contributed by atoms with Crippen molar-refractivity contribution in [2.75, 3.05) is 13.6 Å². The van der Waals surface area contributed by atoms with Gasteiger partial charge < -0.3 is 15.0 Å². The fourth-order valence-corrected chi connectivity index (χ4v) is 2.57. The smallest absolute Gasteiger partial charge is 0.270 e. The molecule has 0 aliphatic heterocycles. The average Bonchev–Trinajstić information content (AvgIpc) is 2.86. The van der Waals surface area contributed by atoms with Gasteiger partial charge in [-0.3, -0.25) is 4.79 Å². The van der Waals surface area contributed by atoms with Crippen LogP contribution in [0.3, 0.4) is 0 Å². The van der Waals surface area contributed by atoms with Gasteiger partial charge in [0.05, 0.1) is 10.6 Å². The van der Waals surface area contributed by atoms with Gasteiger partial charge in [0.15, 0.2) is 0 Å². The van der Waals surface area contributed by atoms with Crippen molar-refractivity contribution in [2.45, 2.75) is 31.3 Å². The highest BCUT2D eigenvalue weighted by molar-refractivity contribution is 6.30. The summed E-state index contributed by atoms with van der Waals surface area (Å²) < 4.78 is 0. The zero-order chi connectivity index (χ0) is 12.5. The second-order valence-corrected chi connectivity index (χ2v) is 5.26. The third-order valence-corrected chi connectivity index (χ3v) is 3.51. The van der Waals surface area contributed by atoms with Gasteiger partial charge in [0.1, 0.15) is 5.69 Å². The van der Waals surface area contributed by atoms with E-state index in [1.54, 1.807) is 24.2 Å². The van der Waals surface area contributed by atoms with Gasteiger partial charge in [-0.2, -0.15) is 0 Å². The minimum absolute atomic E-state index is 0.141. The maximum Gasteiger partial charge on any atom is 0.270 e. The quantitative estimate of drug-likeness (QED) is 0.870. The van der Waals surface area contributed by atoms with E-state index in [1.807, 2.05) is 0 Å². The van der Waals surface area contributed by atoms with Gasteiger partial charge in [-0.05, 0) is 18.9 Å². The second-order valence-electron chi connectivity index (χ2n) is 4.82. The highest BCUT2D eigenvalue weighted by atomic mass is 35.5. The molecule has 1 aliphatic rings. The SMILES string of the molecule is CN(CC1(O)CCCC1)C(=O)c1cc(Cl)c[nH]1. The molecule has 2 rings (SSSR count). The third-order valence-electron chi connectivity index (χ3n) is 3.29. The predicted molar refractivity (Wildman–Crippen MR) is 66.2 cm³/mol. The van der Waals surface area contributed by atoms with Gasteiger partial charge in [0.25, 0.3) is 5.91 Å². The normalized spacial score (nSPS) is 18.3. The molecule has 1 aliphatic carbocycles. The van der Waals surface area contributed by atoms with Crippen LogP contribution < -0.4 is 0 Å². The number of H-pyrrole nitrogens is 1. The number of aromatic nitrogens is 1. The fourth-order valence-electron chi connectivity index (χ4n) is 2.40. The monoisotopic (exact) mass is 256 g/mol. The van der Waals surface area contributed by atoms with Crippen molar-refractivity contribution in [1.82, 2.24) is 9.88 Å². The van der Waals surface area contributed by atoms with Crippen molar-refractivity contribution in [3.8, 4) is 0 Å². The highest BCUT2D eigenvalue weighted by Crippen LogP contribution is 2.30. The number of carbonyl (C=O) groups excluding carboxylic acids is 1. The van der Waals surface area contributed by atoms with Crippen LogP contribution in [0.1, 0.15) is 36.2 Å². The second kappa shape index (κ2) is 4.70. The van der Waals surface area contributed by atoms with E-state index >= 15 is 0 Å². The minimum atomic E-state index is -0.708. The number of likely N-dealkylation sites (N-methyl/N-ethyl adjacent to an activating group) is 1. The number of hydrogen-bond acceptors (Lipinski definition) is 2. The highest BCUT2D eigenvalue weighted by Gasteiger charge is 2.33. The van der Waals surface area contributed by atoms with Crippen LogP contribution in [0.15, 0.2) is 12.3 Å². The fraction of sp³-hybridized carbons (Fsp3) is 0.583. The lowest BCUT2D eigenvalue weighted by molar-refractivity contribution is 0.0155. The topological polar surface area (TPSA) is 56.3 Å². The lowest BCUT2D eigenvalue weighted by atomic mass is 10.0. The molecule has 0 unspecified atom stereocenters. The summed E-state index contributed by atoms with van der Waals surface area (Å²) in [6, 6.07) is 1.60. The van der Waals surface area contributed by atoms with Gasteiger partial charge in [-0.25, -0.2) is 0 Å². The number of nitrogens with zero attached hydrogens (tertiary/aromatic N) is 1. The van der Waals surface area contributed by atoms with Crippen LogP contribution in [-0.4, -0.2) is 40.1 Å². The van der Waals surface area contributed by atoms with Gasteiger partial charge in [0, 0.05) is 19.8 Å². The molecule has 1 saturated carbocycles. The molecule has 1 amide bonds. The first kappa shape index (κ1) is 12.5. The first-order chi connectivity index (χ1) is 8.00. The number of rotatable bonds is 3. The zero-order valence-electron chi connectivity index (χ0n) is 9.87. The Hall–Kier alpha value is -1.00. The molecule has 94 valence electrons. The summed E-state index contributed by atoms with van der Waals surface area (Å²) in [5, 5.41) is 10.7. The summed E-state index contributed by atoms with van der Waals surface area (Å²) in [6.45, 7) is 0.377. The maximum atomic E-state index is 12.0. The lowest BCUT2D eigenvalue weighted by Gasteiger charge is -2.28. The van der Waals surface area contributed by atoms with Crippen LogP contribution in [-0.2, 0) is 0 Å².